The first-order valence-electron chi connectivity index (χ1n) is 22.7. The second kappa shape index (κ2) is 38.1. The summed E-state index contributed by atoms with van der Waals surface area (Å²) in [7, 11) is 3.81. The molecular formula is C50H81NO6. The van der Waals surface area contributed by atoms with Gasteiger partial charge in [0.15, 0.2) is 0 Å². The Balaban J connectivity index is 2.44. The number of carbonyl (C=O) groups is 3. The first-order valence-corrected chi connectivity index (χ1v) is 22.7. The van der Waals surface area contributed by atoms with Crippen molar-refractivity contribution in [3.8, 4) is 5.75 Å². The zero-order chi connectivity index (χ0) is 41.4. The van der Waals surface area contributed by atoms with Gasteiger partial charge in [0.1, 0.15) is 24.7 Å². The Morgan fingerprint density at radius 2 is 1.04 bits per heavy atom. The fourth-order valence-corrected chi connectivity index (χ4v) is 6.32. The molecular weight excluding hydrogens is 711 g/mol. The van der Waals surface area contributed by atoms with Gasteiger partial charge in [-0.1, -0.05) is 133 Å². The van der Waals surface area contributed by atoms with Crippen molar-refractivity contribution in [1.29, 1.82) is 0 Å². The van der Waals surface area contributed by atoms with Gasteiger partial charge in [0.25, 0.3) is 0 Å². The highest BCUT2D eigenvalue weighted by Gasteiger charge is 2.12. The largest absolute Gasteiger partial charge is 0.508 e. The molecule has 0 spiro atoms. The molecule has 0 radical (unpaired) electrons. The molecule has 7 heteroatoms. The van der Waals surface area contributed by atoms with E-state index in [0.717, 1.165) is 76.2 Å². The van der Waals surface area contributed by atoms with Crippen molar-refractivity contribution in [2.24, 2.45) is 0 Å². The number of unbranched alkanes of at least 4 members (excludes halogenated alkanes) is 16. The topological polar surface area (TPSA) is 82.1 Å². The van der Waals surface area contributed by atoms with Gasteiger partial charge in [0.2, 0.25) is 0 Å². The van der Waals surface area contributed by atoms with Crippen LogP contribution in [0.4, 0.5) is 4.79 Å². The molecule has 0 N–H and O–H groups in total. The first kappa shape index (κ1) is 51.6. The van der Waals surface area contributed by atoms with E-state index in [4.69, 9.17) is 14.2 Å². The maximum Gasteiger partial charge on any atom is 0.508 e. The lowest BCUT2D eigenvalue weighted by molar-refractivity contribution is -0.134. The highest BCUT2D eigenvalue weighted by molar-refractivity contribution is 5.78. The van der Waals surface area contributed by atoms with E-state index in [1.165, 1.54) is 70.6 Å². The number of hydrogen-bond donors (Lipinski definition) is 0. The third-order valence-corrected chi connectivity index (χ3v) is 9.80. The molecule has 0 unspecified atom stereocenters. The van der Waals surface area contributed by atoms with E-state index in [9.17, 15) is 14.4 Å². The Morgan fingerprint density at radius 3 is 1.58 bits per heavy atom. The summed E-state index contributed by atoms with van der Waals surface area (Å²) in [6, 6.07) is 5.48. The number of rotatable bonds is 37. The monoisotopic (exact) mass is 792 g/mol. The Bertz CT molecular complexity index is 1280. The molecule has 1 rings (SSSR count). The molecule has 0 aliphatic carbocycles. The minimum absolute atomic E-state index is 0.00989. The Hall–Kier alpha value is -3.45. The van der Waals surface area contributed by atoms with Crippen LogP contribution in [0.5, 0.6) is 5.75 Å². The fourth-order valence-electron chi connectivity index (χ4n) is 6.32. The zero-order valence-corrected chi connectivity index (χ0v) is 36.8. The number of ketones is 1. The number of benzene rings is 1. The number of carbonyl (C=O) groups excluding carboxylic acids is 3. The van der Waals surface area contributed by atoms with Crippen molar-refractivity contribution >= 4 is 17.9 Å². The van der Waals surface area contributed by atoms with Crippen LogP contribution in [0.25, 0.3) is 0 Å². The van der Waals surface area contributed by atoms with E-state index in [-0.39, 0.29) is 25.0 Å². The molecule has 0 amide bonds. The number of nitrogens with zero attached hydrogens (tertiary/aromatic N) is 1. The minimum atomic E-state index is -0.741. The number of ether oxygens (including phenoxy) is 3. The molecule has 1 aromatic carbocycles. The molecule has 1 aromatic rings. The third kappa shape index (κ3) is 34.3. The molecule has 0 saturated carbocycles. The number of Topliss-reactive ketones (excluding diaryl/α,β-unsaturated/α-hetero) is 1. The van der Waals surface area contributed by atoms with Gasteiger partial charge in [0.05, 0.1) is 0 Å². The maximum absolute atomic E-state index is 12.8. The van der Waals surface area contributed by atoms with E-state index in [1.54, 1.807) is 6.07 Å². The summed E-state index contributed by atoms with van der Waals surface area (Å²) in [5.41, 5.74) is 1.57. The van der Waals surface area contributed by atoms with Gasteiger partial charge in [0, 0.05) is 25.8 Å². The van der Waals surface area contributed by atoms with Crippen LogP contribution in [0.3, 0.4) is 0 Å². The average Bonchev–Trinajstić information content (AvgIpc) is 3.19. The van der Waals surface area contributed by atoms with Gasteiger partial charge >= 0.3 is 12.1 Å². The van der Waals surface area contributed by atoms with Crippen LogP contribution < -0.4 is 4.74 Å². The lowest BCUT2D eigenvalue weighted by atomic mass is 10.0. The van der Waals surface area contributed by atoms with Crippen molar-refractivity contribution < 1.29 is 28.6 Å². The molecule has 0 heterocycles. The number of hydrogen-bond acceptors (Lipinski definition) is 7. The van der Waals surface area contributed by atoms with Crippen molar-refractivity contribution in [1.82, 2.24) is 4.90 Å². The van der Waals surface area contributed by atoms with E-state index in [1.807, 2.05) is 31.1 Å². The Kier molecular flexibility index (Phi) is 34.5. The summed E-state index contributed by atoms with van der Waals surface area (Å²) in [5.74, 6) is 0.387. The summed E-state index contributed by atoms with van der Waals surface area (Å²) in [5, 5.41) is 0. The number of allylic oxidation sites excluding steroid dienone is 8. The molecule has 0 aromatic heterocycles. The summed E-state index contributed by atoms with van der Waals surface area (Å²) in [4.78, 5) is 39.7. The van der Waals surface area contributed by atoms with Crippen LogP contribution in [0, 0.1) is 0 Å². The summed E-state index contributed by atoms with van der Waals surface area (Å²) in [6.07, 6.45) is 44.5. The zero-order valence-electron chi connectivity index (χ0n) is 36.8. The van der Waals surface area contributed by atoms with E-state index in [0.29, 0.717) is 43.5 Å². The van der Waals surface area contributed by atoms with Crippen LogP contribution in [-0.2, 0) is 32.1 Å². The number of esters is 1. The first-order chi connectivity index (χ1) is 27.8. The van der Waals surface area contributed by atoms with Gasteiger partial charge in [-0.2, -0.15) is 0 Å². The van der Waals surface area contributed by atoms with Gasteiger partial charge in [-0.15, -0.1) is 0 Å². The highest BCUT2D eigenvalue weighted by atomic mass is 16.7. The van der Waals surface area contributed by atoms with Crippen LogP contribution in [0.15, 0.2) is 66.8 Å². The SMILES string of the molecule is CCCCC/C=C\C/C=C\CCCCCCCC(=O)CCc1cc(COC(=O)OCCN(C)C)cc(OC(=O)CCCCCCC/C=C\C/C=C\CCCCC)c1. The molecule has 57 heavy (non-hydrogen) atoms. The molecule has 0 fully saturated rings. The molecule has 0 aliphatic heterocycles. The highest BCUT2D eigenvalue weighted by Crippen LogP contribution is 2.22. The van der Waals surface area contributed by atoms with Crippen LogP contribution in [0.1, 0.15) is 185 Å². The average molecular weight is 792 g/mol. The molecule has 0 saturated heterocycles. The van der Waals surface area contributed by atoms with Crippen molar-refractivity contribution in [2.75, 3.05) is 27.2 Å². The van der Waals surface area contributed by atoms with Gasteiger partial charge < -0.3 is 19.1 Å². The Morgan fingerprint density at radius 1 is 0.544 bits per heavy atom. The van der Waals surface area contributed by atoms with Crippen LogP contribution in [-0.4, -0.2) is 50.1 Å². The van der Waals surface area contributed by atoms with E-state index >= 15 is 0 Å². The lowest BCUT2D eigenvalue weighted by Crippen LogP contribution is -2.20. The summed E-state index contributed by atoms with van der Waals surface area (Å²) >= 11 is 0. The quantitative estimate of drug-likeness (QED) is 0.0287. The van der Waals surface area contributed by atoms with E-state index in [2.05, 4.69) is 62.5 Å². The molecule has 0 atom stereocenters. The minimum Gasteiger partial charge on any atom is -0.433 e. The summed E-state index contributed by atoms with van der Waals surface area (Å²) in [6.45, 7) is 5.30. The Labute approximate surface area is 348 Å². The lowest BCUT2D eigenvalue weighted by Gasteiger charge is -2.12. The standard InChI is InChI=1S/C50H81NO6/c1-5-7-9-11-13-15-17-19-21-23-25-27-29-31-33-35-47(52)38-37-45-41-46(44-56-50(54)55-40-39-51(3)4)43-48(42-45)57-49(53)36-34-32-30-28-26-24-22-20-18-16-14-12-10-8-6-2/h13-16,19-22,41-43H,5-12,17-18,23-40,44H2,1-4H3/b15-13-,16-14-,21-19-,22-20-. The predicted octanol–water partition coefficient (Wildman–Crippen LogP) is 13.9. The third-order valence-electron chi connectivity index (χ3n) is 9.80. The summed E-state index contributed by atoms with van der Waals surface area (Å²) < 4.78 is 16.3. The van der Waals surface area contributed by atoms with E-state index < -0.39 is 6.16 Å². The molecule has 0 bridgehead atoms. The second-order valence-corrected chi connectivity index (χ2v) is 15.6. The number of likely N-dealkylation sites (N-methyl/N-ethyl adjacent to an activating group) is 1. The van der Waals surface area contributed by atoms with Crippen molar-refractivity contribution in [2.45, 2.75) is 187 Å². The van der Waals surface area contributed by atoms with Crippen molar-refractivity contribution in [3.63, 3.8) is 0 Å². The van der Waals surface area contributed by atoms with Crippen LogP contribution in [0.2, 0.25) is 0 Å². The molecule has 322 valence electrons. The predicted molar refractivity (Wildman–Crippen MR) is 239 cm³/mol. The van der Waals surface area contributed by atoms with Crippen LogP contribution >= 0.6 is 0 Å². The smallest absolute Gasteiger partial charge is 0.433 e. The maximum atomic E-state index is 12.8. The molecule has 7 nitrogen and oxygen atoms in total. The fraction of sp³-hybridized carbons (Fsp3) is 0.660. The van der Waals surface area contributed by atoms with Gasteiger partial charge in [-0.25, -0.2) is 4.79 Å². The normalized spacial score (nSPS) is 11.9. The second-order valence-electron chi connectivity index (χ2n) is 15.6. The molecule has 0 aliphatic rings. The van der Waals surface area contributed by atoms with Gasteiger partial charge in [-0.05, 0) is 121 Å². The van der Waals surface area contributed by atoms with Crippen molar-refractivity contribution in [3.05, 3.63) is 77.9 Å². The number of aryl methyl sites for hydroxylation is 1. The van der Waals surface area contributed by atoms with Gasteiger partial charge in [-0.3, -0.25) is 9.59 Å².